The number of carbonyl (C=O) groups excluding carboxylic acids is 1. The van der Waals surface area contributed by atoms with Crippen molar-refractivity contribution in [2.24, 2.45) is 5.73 Å². The monoisotopic (exact) mass is 266 g/mol. The van der Waals surface area contributed by atoms with Crippen molar-refractivity contribution >= 4 is 23.4 Å². The third-order valence-corrected chi connectivity index (χ3v) is 2.53. The Labute approximate surface area is 106 Å². The number of rotatable bonds is 3. The average molecular weight is 267 g/mol. The number of furan rings is 1. The van der Waals surface area contributed by atoms with Crippen molar-refractivity contribution in [3.05, 3.63) is 51.2 Å². The second kappa shape index (κ2) is 4.50. The summed E-state index contributed by atoms with van der Waals surface area (Å²) in [6.45, 7) is 0. The van der Waals surface area contributed by atoms with Gasteiger partial charge in [0.15, 0.2) is 0 Å². The van der Waals surface area contributed by atoms with E-state index in [1.54, 1.807) is 24.3 Å². The molecule has 1 amide bonds. The molecule has 1 aromatic heterocycles. The lowest BCUT2D eigenvalue weighted by molar-refractivity contribution is -0.402. The summed E-state index contributed by atoms with van der Waals surface area (Å²) in [5.41, 5.74) is 5.94. The van der Waals surface area contributed by atoms with Crippen molar-refractivity contribution in [1.82, 2.24) is 0 Å². The zero-order valence-electron chi connectivity index (χ0n) is 8.92. The van der Waals surface area contributed by atoms with Crippen molar-refractivity contribution in [2.45, 2.75) is 0 Å². The van der Waals surface area contributed by atoms with Crippen LogP contribution in [0.5, 0.6) is 0 Å². The molecule has 2 rings (SSSR count). The minimum atomic E-state index is -0.868. The molecule has 6 nitrogen and oxygen atoms in total. The fraction of sp³-hybridized carbons (Fsp3) is 0. The molecule has 0 aliphatic carbocycles. The van der Waals surface area contributed by atoms with E-state index in [1.807, 2.05) is 0 Å². The van der Waals surface area contributed by atoms with Gasteiger partial charge in [-0.3, -0.25) is 14.9 Å². The number of nitrogens with zero attached hydrogens (tertiary/aromatic N) is 1. The van der Waals surface area contributed by atoms with Crippen LogP contribution in [0.15, 0.2) is 34.7 Å². The Kier molecular flexibility index (Phi) is 3.03. The lowest BCUT2D eigenvalue weighted by Gasteiger charge is -1.98. The average Bonchev–Trinajstić information content (AvgIpc) is 2.75. The summed E-state index contributed by atoms with van der Waals surface area (Å²) in [6, 6.07) is 7.58. The van der Waals surface area contributed by atoms with E-state index in [1.165, 1.54) is 0 Å². The molecular weight excluding hydrogens is 260 g/mol. The fourth-order valence-corrected chi connectivity index (χ4v) is 1.62. The molecule has 1 heterocycles. The van der Waals surface area contributed by atoms with Crippen molar-refractivity contribution in [1.29, 1.82) is 0 Å². The van der Waals surface area contributed by atoms with Crippen molar-refractivity contribution in [3.63, 3.8) is 0 Å². The normalized spacial score (nSPS) is 10.3. The number of hydrogen-bond donors (Lipinski definition) is 1. The molecule has 7 heteroatoms. The van der Waals surface area contributed by atoms with Crippen LogP contribution in [0.2, 0.25) is 5.02 Å². The molecular formula is C11H7ClN2O4. The van der Waals surface area contributed by atoms with Gasteiger partial charge in [0.25, 0.3) is 5.91 Å². The van der Waals surface area contributed by atoms with Gasteiger partial charge in [0.2, 0.25) is 5.76 Å². The van der Waals surface area contributed by atoms with Crippen molar-refractivity contribution < 1.29 is 14.1 Å². The smallest absolute Gasteiger partial charge is 0.395 e. The van der Waals surface area contributed by atoms with Crippen LogP contribution in [0.4, 0.5) is 5.88 Å². The number of hydrogen-bond acceptors (Lipinski definition) is 4. The number of halogens is 1. The van der Waals surface area contributed by atoms with Gasteiger partial charge < -0.3 is 10.2 Å². The Balaban J connectivity index is 2.58. The molecule has 0 aliphatic rings. The summed E-state index contributed by atoms with van der Waals surface area (Å²) in [5, 5.41) is 11.1. The van der Waals surface area contributed by atoms with E-state index >= 15 is 0 Å². The predicted molar refractivity (Wildman–Crippen MR) is 64.3 cm³/mol. The van der Waals surface area contributed by atoms with Crippen LogP contribution in [0.25, 0.3) is 11.1 Å². The van der Waals surface area contributed by atoms with Gasteiger partial charge in [-0.1, -0.05) is 23.7 Å². The highest BCUT2D eigenvalue weighted by Gasteiger charge is 2.23. The molecule has 0 spiro atoms. The Morgan fingerprint density at radius 3 is 2.44 bits per heavy atom. The van der Waals surface area contributed by atoms with Gasteiger partial charge in [-0.25, -0.2) is 0 Å². The van der Waals surface area contributed by atoms with Gasteiger partial charge in [-0.2, -0.15) is 0 Å². The highest BCUT2D eigenvalue weighted by atomic mass is 35.5. The number of nitro groups is 1. The minimum absolute atomic E-state index is 0.246. The second-order valence-electron chi connectivity index (χ2n) is 3.46. The topological polar surface area (TPSA) is 99.4 Å². The number of amides is 1. The van der Waals surface area contributed by atoms with E-state index < -0.39 is 16.7 Å². The van der Waals surface area contributed by atoms with Crippen LogP contribution >= 0.6 is 11.6 Å². The third kappa shape index (κ3) is 2.18. The lowest BCUT2D eigenvalue weighted by Crippen LogP contribution is -2.10. The summed E-state index contributed by atoms with van der Waals surface area (Å²) < 4.78 is 4.82. The van der Waals surface area contributed by atoms with E-state index in [0.717, 1.165) is 6.07 Å². The zero-order valence-corrected chi connectivity index (χ0v) is 9.68. The molecule has 92 valence electrons. The van der Waals surface area contributed by atoms with Gasteiger partial charge in [-0.15, -0.1) is 0 Å². The zero-order chi connectivity index (χ0) is 13.3. The summed E-state index contributed by atoms with van der Waals surface area (Å²) >= 11 is 5.73. The first kappa shape index (κ1) is 12.1. The highest BCUT2D eigenvalue weighted by Crippen LogP contribution is 2.31. The Morgan fingerprint density at radius 2 is 1.94 bits per heavy atom. The Morgan fingerprint density at radius 1 is 1.33 bits per heavy atom. The van der Waals surface area contributed by atoms with Gasteiger partial charge in [-0.05, 0) is 17.7 Å². The minimum Gasteiger partial charge on any atom is -0.395 e. The Hall–Kier alpha value is -2.34. The SMILES string of the molecule is NC(=O)c1oc([N+](=O)[O-])cc1-c1ccc(Cl)cc1. The van der Waals surface area contributed by atoms with Crippen LogP contribution in [-0.2, 0) is 0 Å². The molecule has 0 unspecified atom stereocenters. The first-order valence-corrected chi connectivity index (χ1v) is 5.21. The largest absolute Gasteiger partial charge is 0.434 e. The molecule has 0 radical (unpaired) electrons. The molecule has 0 atom stereocenters. The maximum absolute atomic E-state index is 11.2. The van der Waals surface area contributed by atoms with Crippen molar-refractivity contribution in [2.75, 3.05) is 0 Å². The molecule has 1 aromatic carbocycles. The van der Waals surface area contributed by atoms with Gasteiger partial charge in [0, 0.05) is 10.6 Å². The first-order valence-electron chi connectivity index (χ1n) is 4.83. The highest BCUT2D eigenvalue weighted by molar-refractivity contribution is 6.30. The van der Waals surface area contributed by atoms with Crippen molar-refractivity contribution in [3.8, 4) is 11.1 Å². The van der Waals surface area contributed by atoms with Gasteiger partial charge >= 0.3 is 5.88 Å². The van der Waals surface area contributed by atoms with E-state index in [4.69, 9.17) is 21.8 Å². The summed E-state index contributed by atoms with van der Waals surface area (Å²) in [5.74, 6) is -1.65. The number of nitrogens with two attached hydrogens (primary N) is 1. The summed E-state index contributed by atoms with van der Waals surface area (Å²) in [7, 11) is 0. The standard InChI is InChI=1S/C11H7ClN2O4/c12-7-3-1-6(2-4-7)8-5-9(14(16)17)18-10(8)11(13)15/h1-5H,(H2,13,15). The lowest BCUT2D eigenvalue weighted by atomic mass is 10.1. The van der Waals surface area contributed by atoms with Crippen LogP contribution in [-0.4, -0.2) is 10.8 Å². The second-order valence-corrected chi connectivity index (χ2v) is 3.89. The van der Waals surface area contributed by atoms with Crippen LogP contribution in [0, 0.1) is 10.1 Å². The van der Waals surface area contributed by atoms with E-state index in [9.17, 15) is 14.9 Å². The number of carbonyl (C=O) groups is 1. The molecule has 0 aliphatic heterocycles. The maximum atomic E-state index is 11.2. The third-order valence-electron chi connectivity index (χ3n) is 2.28. The number of benzene rings is 1. The Bertz CT molecular complexity index is 618. The van der Waals surface area contributed by atoms with Crippen LogP contribution in [0.1, 0.15) is 10.6 Å². The van der Waals surface area contributed by atoms with Crippen LogP contribution < -0.4 is 5.73 Å². The molecule has 18 heavy (non-hydrogen) atoms. The van der Waals surface area contributed by atoms with E-state index in [-0.39, 0.29) is 11.3 Å². The molecule has 0 saturated carbocycles. The summed E-state index contributed by atoms with van der Waals surface area (Å²) in [6.07, 6.45) is 0. The predicted octanol–water partition coefficient (Wildman–Crippen LogP) is 2.61. The van der Waals surface area contributed by atoms with E-state index in [2.05, 4.69) is 0 Å². The molecule has 0 saturated heterocycles. The molecule has 0 fully saturated rings. The number of primary amides is 1. The fourth-order valence-electron chi connectivity index (χ4n) is 1.49. The summed E-state index contributed by atoms with van der Waals surface area (Å²) in [4.78, 5) is 21.1. The maximum Gasteiger partial charge on any atom is 0.434 e. The first-order chi connectivity index (χ1) is 8.49. The van der Waals surface area contributed by atoms with E-state index in [0.29, 0.717) is 10.6 Å². The van der Waals surface area contributed by atoms with Gasteiger partial charge in [0.1, 0.15) is 4.92 Å². The van der Waals surface area contributed by atoms with Crippen LogP contribution in [0.3, 0.4) is 0 Å². The quantitative estimate of drug-likeness (QED) is 0.681. The van der Waals surface area contributed by atoms with Gasteiger partial charge in [0.05, 0.1) is 6.07 Å². The molecule has 2 N–H and O–H groups in total. The molecule has 2 aromatic rings. The molecule has 0 bridgehead atoms.